The molecule has 0 unspecified atom stereocenters. The number of fused-ring (bicyclic) bond motifs is 1. The zero-order valence-corrected chi connectivity index (χ0v) is 16.3. The molecule has 0 aliphatic carbocycles. The lowest BCUT2D eigenvalue weighted by Gasteiger charge is -2.06. The Morgan fingerprint density at radius 1 is 1.21 bits per heavy atom. The van der Waals surface area contributed by atoms with Crippen LogP contribution >= 0.6 is 11.3 Å². The van der Waals surface area contributed by atoms with Crippen molar-refractivity contribution >= 4 is 22.4 Å². The van der Waals surface area contributed by atoms with Crippen LogP contribution in [0, 0.1) is 6.92 Å². The van der Waals surface area contributed by atoms with Gasteiger partial charge in [0.05, 0.1) is 12.3 Å². The van der Waals surface area contributed by atoms with Crippen molar-refractivity contribution in [3.05, 3.63) is 53.4 Å². The quantitative estimate of drug-likeness (QED) is 0.589. The number of hydrogen-bond acceptors (Lipinski definition) is 6. The van der Waals surface area contributed by atoms with Crippen molar-refractivity contribution in [2.24, 2.45) is 0 Å². The van der Waals surface area contributed by atoms with Gasteiger partial charge in [0.15, 0.2) is 16.6 Å². The van der Waals surface area contributed by atoms with Crippen LogP contribution in [0.4, 0.5) is 5.13 Å². The number of benzene rings is 2. The van der Waals surface area contributed by atoms with E-state index in [1.165, 1.54) is 11.3 Å². The van der Waals surface area contributed by atoms with Crippen LogP contribution in [0.5, 0.6) is 17.2 Å². The summed E-state index contributed by atoms with van der Waals surface area (Å²) >= 11 is 1.40. The highest BCUT2D eigenvalue weighted by Crippen LogP contribution is 2.36. The molecule has 0 saturated heterocycles. The molecule has 2 aromatic carbocycles. The number of anilines is 1. The number of thiazole rings is 1. The number of rotatable bonds is 7. The van der Waals surface area contributed by atoms with Gasteiger partial charge >= 0.3 is 0 Å². The number of carbonyl (C=O) groups is 1. The Balaban J connectivity index is 1.26. The molecule has 0 spiro atoms. The second-order valence-electron chi connectivity index (χ2n) is 6.42. The van der Waals surface area contributed by atoms with Crippen molar-refractivity contribution in [3.8, 4) is 28.5 Å². The molecule has 28 heavy (non-hydrogen) atoms. The second-order valence-corrected chi connectivity index (χ2v) is 7.28. The standard InChI is InChI=1S/C21H20N2O4S/c1-14-4-2-5-16(10-14)25-9-3-6-20(24)23-21-22-17(12-28-21)15-7-8-18-19(11-15)27-13-26-18/h2,4-5,7-8,10-12H,3,6,9,13H2,1H3,(H,22,23,24). The predicted molar refractivity (Wildman–Crippen MR) is 108 cm³/mol. The van der Waals surface area contributed by atoms with Crippen LogP contribution in [0.15, 0.2) is 47.8 Å². The summed E-state index contributed by atoms with van der Waals surface area (Å²) in [7, 11) is 0. The van der Waals surface area contributed by atoms with Crippen molar-refractivity contribution in [1.29, 1.82) is 0 Å². The third-order valence-corrected chi connectivity index (χ3v) is 4.98. The average Bonchev–Trinajstić information content (AvgIpc) is 3.34. The predicted octanol–water partition coefficient (Wildman–Crippen LogP) is 4.64. The van der Waals surface area contributed by atoms with Crippen LogP contribution in [0.25, 0.3) is 11.3 Å². The van der Waals surface area contributed by atoms with E-state index in [1.54, 1.807) is 0 Å². The van der Waals surface area contributed by atoms with Gasteiger partial charge in [0.2, 0.25) is 12.7 Å². The normalized spacial score (nSPS) is 12.0. The molecule has 1 aromatic heterocycles. The summed E-state index contributed by atoms with van der Waals surface area (Å²) in [6.45, 7) is 2.76. The molecule has 3 aromatic rings. The topological polar surface area (TPSA) is 69.7 Å². The lowest BCUT2D eigenvalue weighted by atomic mass is 10.1. The summed E-state index contributed by atoms with van der Waals surface area (Å²) in [5, 5.41) is 5.34. The van der Waals surface area contributed by atoms with Crippen LogP contribution in [0.1, 0.15) is 18.4 Å². The minimum atomic E-state index is -0.0700. The Hall–Kier alpha value is -3.06. The van der Waals surface area contributed by atoms with Crippen LogP contribution in [0.3, 0.4) is 0 Å². The first-order valence-electron chi connectivity index (χ1n) is 9.02. The molecular formula is C21H20N2O4S. The van der Waals surface area contributed by atoms with Gasteiger partial charge in [-0.1, -0.05) is 12.1 Å². The van der Waals surface area contributed by atoms with E-state index in [9.17, 15) is 4.79 Å². The number of aryl methyl sites for hydroxylation is 1. The third-order valence-electron chi connectivity index (χ3n) is 4.23. The number of carbonyl (C=O) groups excluding carboxylic acids is 1. The van der Waals surface area contributed by atoms with Crippen molar-refractivity contribution < 1.29 is 19.0 Å². The van der Waals surface area contributed by atoms with E-state index in [2.05, 4.69) is 10.3 Å². The van der Waals surface area contributed by atoms with Gasteiger partial charge in [-0.15, -0.1) is 11.3 Å². The Morgan fingerprint density at radius 2 is 2.11 bits per heavy atom. The molecule has 1 amide bonds. The van der Waals surface area contributed by atoms with E-state index >= 15 is 0 Å². The first-order chi connectivity index (χ1) is 13.7. The fraction of sp³-hybridized carbons (Fsp3) is 0.238. The van der Waals surface area contributed by atoms with Gasteiger partial charge in [-0.2, -0.15) is 0 Å². The molecule has 144 valence electrons. The summed E-state index contributed by atoms with van der Waals surface area (Å²) in [5.41, 5.74) is 2.87. The maximum absolute atomic E-state index is 12.1. The Morgan fingerprint density at radius 3 is 3.00 bits per heavy atom. The van der Waals surface area contributed by atoms with E-state index in [4.69, 9.17) is 14.2 Å². The van der Waals surface area contributed by atoms with E-state index in [1.807, 2.05) is 54.8 Å². The van der Waals surface area contributed by atoms with E-state index in [0.717, 1.165) is 28.3 Å². The lowest BCUT2D eigenvalue weighted by molar-refractivity contribution is -0.116. The average molecular weight is 396 g/mol. The number of amides is 1. The largest absolute Gasteiger partial charge is 0.494 e. The molecular weight excluding hydrogens is 376 g/mol. The molecule has 1 aliphatic heterocycles. The van der Waals surface area contributed by atoms with Crippen molar-refractivity contribution in [2.75, 3.05) is 18.7 Å². The van der Waals surface area contributed by atoms with E-state index in [-0.39, 0.29) is 12.7 Å². The Labute approximate surface area is 167 Å². The first-order valence-corrected chi connectivity index (χ1v) is 9.90. The number of ether oxygens (including phenoxy) is 3. The molecule has 2 heterocycles. The van der Waals surface area contributed by atoms with Crippen molar-refractivity contribution in [1.82, 2.24) is 4.98 Å². The van der Waals surface area contributed by atoms with Gasteiger partial charge in [-0.3, -0.25) is 4.79 Å². The molecule has 6 nitrogen and oxygen atoms in total. The van der Waals surface area contributed by atoms with Gasteiger partial charge in [-0.25, -0.2) is 4.98 Å². The molecule has 0 radical (unpaired) electrons. The summed E-state index contributed by atoms with van der Waals surface area (Å²) in [6.07, 6.45) is 1.02. The fourth-order valence-corrected chi connectivity index (χ4v) is 3.57. The van der Waals surface area contributed by atoms with E-state index in [0.29, 0.717) is 30.3 Å². The molecule has 0 saturated carbocycles. The van der Waals surface area contributed by atoms with Gasteiger partial charge in [0.25, 0.3) is 0 Å². The SMILES string of the molecule is Cc1cccc(OCCCC(=O)Nc2nc(-c3ccc4c(c3)OCO4)cs2)c1. The number of nitrogens with one attached hydrogen (secondary N) is 1. The van der Waals surface area contributed by atoms with Gasteiger partial charge in [0, 0.05) is 17.4 Å². The van der Waals surface area contributed by atoms with E-state index < -0.39 is 0 Å². The molecule has 0 fully saturated rings. The van der Waals surface area contributed by atoms with Crippen LogP contribution < -0.4 is 19.5 Å². The van der Waals surface area contributed by atoms with Gasteiger partial charge < -0.3 is 19.5 Å². The summed E-state index contributed by atoms with van der Waals surface area (Å²) < 4.78 is 16.4. The zero-order chi connectivity index (χ0) is 19.3. The smallest absolute Gasteiger partial charge is 0.231 e. The highest BCUT2D eigenvalue weighted by Gasteiger charge is 2.15. The molecule has 7 heteroatoms. The summed E-state index contributed by atoms with van der Waals surface area (Å²) in [5.74, 6) is 2.21. The molecule has 1 aliphatic rings. The molecule has 4 rings (SSSR count). The maximum atomic E-state index is 12.1. The van der Waals surface area contributed by atoms with Crippen LogP contribution in [-0.2, 0) is 4.79 Å². The molecule has 1 N–H and O–H groups in total. The highest BCUT2D eigenvalue weighted by molar-refractivity contribution is 7.14. The zero-order valence-electron chi connectivity index (χ0n) is 15.4. The lowest BCUT2D eigenvalue weighted by Crippen LogP contribution is -2.12. The van der Waals surface area contributed by atoms with Crippen molar-refractivity contribution in [2.45, 2.75) is 19.8 Å². The van der Waals surface area contributed by atoms with Gasteiger partial charge in [0.1, 0.15) is 5.75 Å². The number of aromatic nitrogens is 1. The van der Waals surface area contributed by atoms with Crippen LogP contribution in [-0.4, -0.2) is 24.3 Å². The highest BCUT2D eigenvalue weighted by atomic mass is 32.1. The minimum Gasteiger partial charge on any atom is -0.494 e. The van der Waals surface area contributed by atoms with Crippen molar-refractivity contribution in [3.63, 3.8) is 0 Å². The molecule has 0 atom stereocenters. The third kappa shape index (κ3) is 4.43. The van der Waals surface area contributed by atoms with Crippen LogP contribution in [0.2, 0.25) is 0 Å². The summed E-state index contributed by atoms with van der Waals surface area (Å²) in [6, 6.07) is 13.6. The maximum Gasteiger partial charge on any atom is 0.231 e. The monoisotopic (exact) mass is 396 g/mol. The Kier molecular flexibility index (Phi) is 5.43. The van der Waals surface area contributed by atoms with Gasteiger partial charge in [-0.05, 0) is 49.2 Å². The molecule has 0 bridgehead atoms. The Bertz CT molecular complexity index is 986. The second kappa shape index (κ2) is 8.31. The fourth-order valence-electron chi connectivity index (χ4n) is 2.83. The summed E-state index contributed by atoms with van der Waals surface area (Å²) in [4.78, 5) is 16.6. The minimum absolute atomic E-state index is 0.0700. The number of hydrogen-bond donors (Lipinski definition) is 1. The first kappa shape index (κ1) is 18.3. The number of nitrogens with zero attached hydrogens (tertiary/aromatic N) is 1.